The lowest BCUT2D eigenvalue weighted by molar-refractivity contribution is -0.193. The second-order valence-corrected chi connectivity index (χ2v) is 9.01. The second-order valence-electron chi connectivity index (χ2n) is 9.01. The van der Waals surface area contributed by atoms with Crippen molar-refractivity contribution in [2.75, 3.05) is 26.3 Å². The molecule has 0 saturated carbocycles. The van der Waals surface area contributed by atoms with Gasteiger partial charge in [-0.3, -0.25) is 4.90 Å². The summed E-state index contributed by atoms with van der Waals surface area (Å²) < 4.78 is 80.7. The molecule has 0 bridgehead atoms. The van der Waals surface area contributed by atoms with Gasteiger partial charge in [-0.2, -0.15) is 26.3 Å². The fourth-order valence-corrected chi connectivity index (χ4v) is 4.29. The molecule has 2 saturated heterocycles. The summed E-state index contributed by atoms with van der Waals surface area (Å²) in [5, 5.41) is 18.4. The highest BCUT2D eigenvalue weighted by atomic mass is 19.4. The van der Waals surface area contributed by atoms with E-state index in [4.69, 9.17) is 33.8 Å². The molecule has 1 spiro atoms. The first-order valence-electron chi connectivity index (χ1n) is 12.0. The zero-order valence-corrected chi connectivity index (χ0v) is 21.4. The summed E-state index contributed by atoms with van der Waals surface area (Å²) in [7, 11) is 0. The minimum absolute atomic E-state index is 0.0315. The van der Waals surface area contributed by atoms with E-state index >= 15 is 0 Å². The minimum atomic E-state index is -5.08. The van der Waals surface area contributed by atoms with E-state index < -0.39 is 24.3 Å². The van der Waals surface area contributed by atoms with Gasteiger partial charge in [0, 0.05) is 44.6 Å². The summed E-state index contributed by atoms with van der Waals surface area (Å²) in [5.74, 6) is -3.36. The molecule has 2 aromatic rings. The molecule has 2 N–H and O–H groups in total. The number of aliphatic carboxylic acids is 2. The Balaban J connectivity index is 0.000000333. The second kappa shape index (κ2) is 14.3. The molecule has 4 rings (SSSR count). The van der Waals surface area contributed by atoms with Crippen LogP contribution < -0.4 is 4.74 Å². The number of halogens is 6. The predicted octanol–water partition coefficient (Wildman–Crippen LogP) is 4.48. The SMILES string of the molecule is Cc1cc(CN2CCC3(CC2)OCCC3CCOc2ccccn2)no1.O=C(O)C(F)(F)F.O=C(O)C(F)(F)F. The van der Waals surface area contributed by atoms with Crippen LogP contribution in [0.3, 0.4) is 0 Å². The van der Waals surface area contributed by atoms with Crippen LogP contribution in [0, 0.1) is 12.8 Å². The lowest BCUT2D eigenvalue weighted by atomic mass is 9.78. The highest BCUT2D eigenvalue weighted by Crippen LogP contribution is 2.42. The molecule has 0 radical (unpaired) electrons. The summed E-state index contributed by atoms with van der Waals surface area (Å²) in [5.41, 5.74) is 1.05. The largest absolute Gasteiger partial charge is 0.490 e. The molecular formula is C24H29F6N3O7. The van der Waals surface area contributed by atoms with Crippen molar-refractivity contribution >= 4 is 11.9 Å². The number of aryl methyl sites for hydroxylation is 1. The number of carboxylic acids is 2. The lowest BCUT2D eigenvalue weighted by Crippen LogP contribution is -2.47. The van der Waals surface area contributed by atoms with Crippen molar-refractivity contribution in [3.05, 3.63) is 41.9 Å². The van der Waals surface area contributed by atoms with Crippen molar-refractivity contribution in [2.45, 2.75) is 57.1 Å². The Morgan fingerprint density at radius 1 is 1.10 bits per heavy atom. The summed E-state index contributed by atoms with van der Waals surface area (Å²) in [4.78, 5) is 24.5. The first kappa shape index (κ1) is 32.8. The van der Waals surface area contributed by atoms with E-state index in [-0.39, 0.29) is 5.60 Å². The number of carbonyl (C=O) groups is 2. The lowest BCUT2D eigenvalue weighted by Gasteiger charge is -2.42. The topological polar surface area (TPSA) is 135 Å². The smallest absolute Gasteiger partial charge is 0.478 e. The Bertz CT molecular complexity index is 1050. The van der Waals surface area contributed by atoms with Crippen LogP contribution >= 0.6 is 0 Å². The maximum atomic E-state index is 10.6. The number of piperidine rings is 1. The summed E-state index contributed by atoms with van der Waals surface area (Å²) in [6, 6.07) is 7.79. The van der Waals surface area contributed by atoms with Crippen LogP contribution in [0.15, 0.2) is 35.0 Å². The standard InChI is InChI=1S/C20H27N3O3.2C2HF3O2/c1-16-14-18(22-26-16)15-23-10-7-20(8-11-23)17(6-13-25-20)5-12-24-19-4-2-3-9-21-19;2*3-2(4,5)1(6)7/h2-4,9,14,17H,5-8,10-13,15H2,1H3;2*(H,6,7). The molecule has 40 heavy (non-hydrogen) atoms. The number of hydrogen-bond donors (Lipinski definition) is 2. The molecule has 10 nitrogen and oxygen atoms in total. The fourth-order valence-electron chi connectivity index (χ4n) is 4.29. The summed E-state index contributed by atoms with van der Waals surface area (Å²) in [6.45, 7) is 6.46. The van der Waals surface area contributed by atoms with Crippen LogP contribution in [0.1, 0.15) is 37.1 Å². The highest BCUT2D eigenvalue weighted by Gasteiger charge is 2.46. The first-order chi connectivity index (χ1) is 18.6. The third-order valence-electron chi connectivity index (χ3n) is 6.20. The van der Waals surface area contributed by atoms with Gasteiger partial charge in [-0.05, 0) is 44.6 Å². The normalized spacial score (nSPS) is 18.7. The summed E-state index contributed by atoms with van der Waals surface area (Å²) >= 11 is 0. The first-order valence-corrected chi connectivity index (χ1v) is 12.0. The molecule has 1 unspecified atom stereocenters. The van der Waals surface area contributed by atoms with Crippen LogP contribution in [0.5, 0.6) is 5.88 Å². The van der Waals surface area contributed by atoms with E-state index in [1.807, 2.05) is 31.2 Å². The third-order valence-corrected chi connectivity index (χ3v) is 6.20. The van der Waals surface area contributed by atoms with Gasteiger partial charge in [-0.1, -0.05) is 11.2 Å². The number of carboxylic acid groups (broad SMARTS) is 2. The van der Waals surface area contributed by atoms with E-state index in [1.54, 1.807) is 6.20 Å². The summed E-state index contributed by atoms with van der Waals surface area (Å²) in [6.07, 6.45) is -4.08. The number of ether oxygens (including phenoxy) is 2. The monoisotopic (exact) mass is 585 g/mol. The molecule has 2 fully saturated rings. The van der Waals surface area contributed by atoms with Crippen LogP contribution in [-0.4, -0.2) is 81.4 Å². The minimum Gasteiger partial charge on any atom is -0.478 e. The van der Waals surface area contributed by atoms with Gasteiger partial charge in [-0.15, -0.1) is 0 Å². The van der Waals surface area contributed by atoms with Crippen molar-refractivity contribution in [2.24, 2.45) is 5.92 Å². The van der Waals surface area contributed by atoms with Crippen LogP contribution in [-0.2, 0) is 20.9 Å². The number of alkyl halides is 6. The molecule has 2 aliphatic heterocycles. The van der Waals surface area contributed by atoms with Crippen LogP contribution in [0.25, 0.3) is 0 Å². The molecule has 0 aromatic carbocycles. The molecule has 16 heteroatoms. The molecule has 0 amide bonds. The Labute approximate surface area is 224 Å². The molecule has 224 valence electrons. The van der Waals surface area contributed by atoms with Crippen molar-refractivity contribution in [1.82, 2.24) is 15.0 Å². The van der Waals surface area contributed by atoms with E-state index in [0.717, 1.165) is 63.4 Å². The van der Waals surface area contributed by atoms with E-state index in [1.165, 1.54) is 0 Å². The van der Waals surface area contributed by atoms with E-state index in [9.17, 15) is 26.3 Å². The van der Waals surface area contributed by atoms with Gasteiger partial charge in [0.05, 0.1) is 17.9 Å². The molecule has 0 aliphatic carbocycles. The number of hydrogen-bond acceptors (Lipinski definition) is 8. The predicted molar refractivity (Wildman–Crippen MR) is 124 cm³/mol. The maximum absolute atomic E-state index is 10.6. The Hall–Kier alpha value is -3.40. The highest BCUT2D eigenvalue weighted by molar-refractivity contribution is 5.73. The van der Waals surface area contributed by atoms with E-state index in [2.05, 4.69) is 15.0 Å². The molecule has 2 aliphatic rings. The molecule has 2 aromatic heterocycles. The van der Waals surface area contributed by atoms with Crippen molar-refractivity contribution < 1.29 is 60.1 Å². The fraction of sp³-hybridized carbons (Fsp3) is 0.583. The number of pyridine rings is 1. The van der Waals surface area contributed by atoms with Gasteiger partial charge in [-0.25, -0.2) is 14.6 Å². The Kier molecular flexibility index (Phi) is 11.7. The zero-order chi connectivity index (χ0) is 30.0. The van der Waals surface area contributed by atoms with E-state index in [0.29, 0.717) is 18.4 Å². The average molecular weight is 585 g/mol. The molecular weight excluding hydrogens is 556 g/mol. The van der Waals surface area contributed by atoms with Gasteiger partial charge < -0.3 is 24.2 Å². The van der Waals surface area contributed by atoms with Gasteiger partial charge >= 0.3 is 24.3 Å². The third kappa shape index (κ3) is 10.6. The van der Waals surface area contributed by atoms with Gasteiger partial charge in [0.15, 0.2) is 0 Å². The molecule has 1 atom stereocenters. The number of aromatic nitrogens is 2. The average Bonchev–Trinajstić information content (AvgIpc) is 3.46. The number of likely N-dealkylation sites (tertiary alicyclic amines) is 1. The van der Waals surface area contributed by atoms with Crippen molar-refractivity contribution in [1.29, 1.82) is 0 Å². The maximum Gasteiger partial charge on any atom is 0.490 e. The Morgan fingerprint density at radius 3 is 2.17 bits per heavy atom. The Morgan fingerprint density at radius 2 is 1.70 bits per heavy atom. The van der Waals surface area contributed by atoms with Crippen LogP contribution in [0.2, 0.25) is 0 Å². The van der Waals surface area contributed by atoms with Crippen molar-refractivity contribution in [3.63, 3.8) is 0 Å². The number of rotatable bonds is 6. The quantitative estimate of drug-likeness (QED) is 0.467. The molecule has 4 heterocycles. The van der Waals surface area contributed by atoms with Gasteiger partial charge in [0.1, 0.15) is 5.76 Å². The van der Waals surface area contributed by atoms with Crippen LogP contribution in [0.4, 0.5) is 26.3 Å². The van der Waals surface area contributed by atoms with Gasteiger partial charge in [0.25, 0.3) is 0 Å². The van der Waals surface area contributed by atoms with Gasteiger partial charge in [0.2, 0.25) is 5.88 Å². The number of nitrogens with zero attached hydrogens (tertiary/aromatic N) is 3. The zero-order valence-electron chi connectivity index (χ0n) is 21.4. The van der Waals surface area contributed by atoms with Crippen molar-refractivity contribution in [3.8, 4) is 5.88 Å².